The van der Waals surface area contributed by atoms with Gasteiger partial charge >= 0.3 is 6.16 Å². The van der Waals surface area contributed by atoms with Crippen LogP contribution in [0.5, 0.6) is 0 Å². The highest BCUT2D eigenvalue weighted by Crippen LogP contribution is 2.28. The van der Waals surface area contributed by atoms with E-state index in [2.05, 4.69) is 10.6 Å². The number of amides is 2. The number of carbonyl (C=O) groups is 3. The minimum Gasteiger partial charge on any atom is -0.427 e. The van der Waals surface area contributed by atoms with Gasteiger partial charge in [0.2, 0.25) is 11.8 Å². The van der Waals surface area contributed by atoms with Crippen molar-refractivity contribution < 1.29 is 23.9 Å². The number of ether oxygens (including phenoxy) is 2. The molecule has 2 aliphatic heterocycles. The molecular weight excluding hydrogens is 312 g/mol. The summed E-state index contributed by atoms with van der Waals surface area (Å²) >= 11 is 0. The smallest absolute Gasteiger partial charge is 0.427 e. The van der Waals surface area contributed by atoms with E-state index < -0.39 is 29.4 Å². The maximum atomic E-state index is 12.1. The van der Waals surface area contributed by atoms with Crippen LogP contribution in [0, 0.1) is 0 Å². The molecule has 0 saturated heterocycles. The van der Waals surface area contributed by atoms with E-state index in [0.717, 1.165) is 0 Å². The monoisotopic (exact) mass is 336 g/mol. The van der Waals surface area contributed by atoms with Gasteiger partial charge in [-0.3, -0.25) is 9.59 Å². The first kappa shape index (κ1) is 18.0. The molecule has 2 N–H and O–H groups in total. The Morgan fingerprint density at radius 1 is 0.875 bits per heavy atom. The zero-order valence-electron chi connectivity index (χ0n) is 14.9. The number of hydrogen-bond acceptors (Lipinski definition) is 5. The SMILES string of the molecule is CC(OC(=O)OC(C)C1=CC(=O)NC1(C)C)C1=CC(=O)NC1(C)C. The van der Waals surface area contributed by atoms with Gasteiger partial charge in [0.15, 0.2) is 0 Å². The lowest BCUT2D eigenvalue weighted by Gasteiger charge is -2.29. The lowest BCUT2D eigenvalue weighted by Crippen LogP contribution is -2.42. The van der Waals surface area contributed by atoms with Gasteiger partial charge < -0.3 is 20.1 Å². The molecule has 0 aliphatic carbocycles. The van der Waals surface area contributed by atoms with Crippen molar-refractivity contribution in [1.29, 1.82) is 0 Å². The lowest BCUT2D eigenvalue weighted by molar-refractivity contribution is -0.117. The van der Waals surface area contributed by atoms with Gasteiger partial charge in [0.05, 0.1) is 11.1 Å². The third kappa shape index (κ3) is 3.60. The highest BCUT2D eigenvalue weighted by Gasteiger charge is 2.38. The van der Waals surface area contributed by atoms with E-state index in [1.165, 1.54) is 12.2 Å². The summed E-state index contributed by atoms with van der Waals surface area (Å²) in [7, 11) is 0. The van der Waals surface area contributed by atoms with Gasteiger partial charge in [-0.05, 0) is 41.5 Å². The number of nitrogens with one attached hydrogen (secondary N) is 2. The molecule has 0 radical (unpaired) electrons. The van der Waals surface area contributed by atoms with E-state index in [0.29, 0.717) is 11.1 Å². The molecule has 2 atom stereocenters. The fraction of sp³-hybridized carbons (Fsp3) is 0.588. The van der Waals surface area contributed by atoms with Crippen molar-refractivity contribution >= 4 is 18.0 Å². The van der Waals surface area contributed by atoms with Gasteiger partial charge in [-0.15, -0.1) is 0 Å². The van der Waals surface area contributed by atoms with Gasteiger partial charge in [-0.25, -0.2) is 4.79 Å². The summed E-state index contributed by atoms with van der Waals surface area (Å²) < 4.78 is 10.6. The molecule has 24 heavy (non-hydrogen) atoms. The predicted molar refractivity (Wildman–Crippen MR) is 87.1 cm³/mol. The van der Waals surface area contributed by atoms with Crippen LogP contribution in [0.3, 0.4) is 0 Å². The average Bonchev–Trinajstić information content (AvgIpc) is 2.82. The Morgan fingerprint density at radius 2 is 1.21 bits per heavy atom. The number of carbonyl (C=O) groups excluding carboxylic acids is 3. The summed E-state index contributed by atoms with van der Waals surface area (Å²) in [6.45, 7) is 10.7. The van der Waals surface area contributed by atoms with Crippen molar-refractivity contribution in [3.05, 3.63) is 23.3 Å². The quantitative estimate of drug-likeness (QED) is 0.760. The number of rotatable bonds is 4. The molecule has 0 aromatic carbocycles. The molecule has 0 aromatic heterocycles. The molecule has 2 amide bonds. The van der Waals surface area contributed by atoms with E-state index in [9.17, 15) is 14.4 Å². The Bertz CT molecular complexity index is 591. The van der Waals surface area contributed by atoms with E-state index in [1.54, 1.807) is 13.8 Å². The molecule has 7 nitrogen and oxygen atoms in total. The maximum Gasteiger partial charge on any atom is 0.509 e. The van der Waals surface area contributed by atoms with Gasteiger partial charge in [0.1, 0.15) is 12.2 Å². The van der Waals surface area contributed by atoms with Gasteiger partial charge in [-0.2, -0.15) is 0 Å². The van der Waals surface area contributed by atoms with Crippen LogP contribution in [-0.2, 0) is 19.1 Å². The normalized spacial score (nSPS) is 23.6. The molecule has 0 fully saturated rings. The topological polar surface area (TPSA) is 93.7 Å². The van der Waals surface area contributed by atoms with Crippen LogP contribution >= 0.6 is 0 Å². The van der Waals surface area contributed by atoms with Gasteiger partial charge in [0.25, 0.3) is 0 Å². The second kappa shape index (κ2) is 5.96. The van der Waals surface area contributed by atoms with Crippen LogP contribution in [0.4, 0.5) is 4.79 Å². The van der Waals surface area contributed by atoms with Crippen molar-refractivity contribution in [2.75, 3.05) is 0 Å². The van der Waals surface area contributed by atoms with Crippen LogP contribution in [0.2, 0.25) is 0 Å². The van der Waals surface area contributed by atoms with Crippen LogP contribution in [-0.4, -0.2) is 41.3 Å². The Kier molecular flexibility index (Phi) is 4.48. The molecule has 2 unspecified atom stereocenters. The summed E-state index contributed by atoms with van der Waals surface area (Å²) in [6, 6.07) is 0. The second-order valence-corrected chi connectivity index (χ2v) is 7.20. The fourth-order valence-corrected chi connectivity index (χ4v) is 3.17. The zero-order valence-corrected chi connectivity index (χ0v) is 14.9. The third-order valence-electron chi connectivity index (χ3n) is 4.31. The Balaban J connectivity index is 1.99. The lowest BCUT2D eigenvalue weighted by atomic mass is 9.93. The largest absolute Gasteiger partial charge is 0.509 e. The second-order valence-electron chi connectivity index (χ2n) is 7.20. The summed E-state index contributed by atoms with van der Waals surface area (Å²) in [4.78, 5) is 35.1. The molecule has 7 heteroatoms. The molecular formula is C17H24N2O5. The molecule has 0 spiro atoms. The highest BCUT2D eigenvalue weighted by atomic mass is 16.7. The van der Waals surface area contributed by atoms with E-state index >= 15 is 0 Å². The zero-order chi connectivity index (χ0) is 18.3. The maximum absolute atomic E-state index is 12.1. The van der Waals surface area contributed by atoms with E-state index in [1.807, 2.05) is 27.7 Å². The Hall–Kier alpha value is -2.31. The third-order valence-corrected chi connectivity index (χ3v) is 4.31. The standard InChI is InChI=1S/C17H24N2O5/c1-9(11-7-13(20)18-16(11,3)4)23-15(22)24-10(2)12-8-14(21)19-17(12,5)6/h7-10H,1-6H3,(H,18,20)(H,19,21). The van der Waals surface area contributed by atoms with Crippen LogP contribution in [0.25, 0.3) is 0 Å². The molecule has 2 rings (SSSR count). The molecule has 2 heterocycles. The first-order chi connectivity index (χ1) is 10.9. The van der Waals surface area contributed by atoms with E-state index in [-0.39, 0.29) is 11.8 Å². The Morgan fingerprint density at radius 3 is 1.46 bits per heavy atom. The number of hydrogen-bond donors (Lipinski definition) is 2. The van der Waals surface area contributed by atoms with Gasteiger partial charge in [0, 0.05) is 23.3 Å². The van der Waals surface area contributed by atoms with Crippen LogP contribution < -0.4 is 10.6 Å². The van der Waals surface area contributed by atoms with Crippen LogP contribution in [0.15, 0.2) is 23.3 Å². The van der Waals surface area contributed by atoms with Crippen molar-refractivity contribution in [3.8, 4) is 0 Å². The minimum absolute atomic E-state index is 0.213. The summed E-state index contributed by atoms with van der Waals surface area (Å²) in [5.74, 6) is -0.427. The minimum atomic E-state index is -0.845. The molecule has 2 aliphatic rings. The van der Waals surface area contributed by atoms with Crippen molar-refractivity contribution in [2.45, 2.75) is 64.8 Å². The fourth-order valence-electron chi connectivity index (χ4n) is 3.17. The molecule has 0 saturated carbocycles. The summed E-state index contributed by atoms with van der Waals surface area (Å²) in [5, 5.41) is 5.56. The first-order valence-corrected chi connectivity index (χ1v) is 7.88. The highest BCUT2D eigenvalue weighted by molar-refractivity contribution is 5.93. The van der Waals surface area contributed by atoms with Crippen molar-refractivity contribution in [2.24, 2.45) is 0 Å². The Labute approximate surface area is 141 Å². The van der Waals surface area contributed by atoms with Crippen molar-refractivity contribution in [3.63, 3.8) is 0 Å². The predicted octanol–water partition coefficient (Wildman–Crippen LogP) is 1.59. The molecule has 0 aromatic rings. The molecule has 132 valence electrons. The van der Waals surface area contributed by atoms with Crippen LogP contribution in [0.1, 0.15) is 41.5 Å². The summed E-state index contributed by atoms with van der Waals surface area (Å²) in [6.07, 6.45) is 0.814. The van der Waals surface area contributed by atoms with Gasteiger partial charge in [-0.1, -0.05) is 0 Å². The summed E-state index contributed by atoms with van der Waals surface area (Å²) in [5.41, 5.74) is 0.201. The average molecular weight is 336 g/mol. The van der Waals surface area contributed by atoms with Crippen molar-refractivity contribution in [1.82, 2.24) is 10.6 Å². The molecule has 0 bridgehead atoms. The first-order valence-electron chi connectivity index (χ1n) is 7.88. The van der Waals surface area contributed by atoms with E-state index in [4.69, 9.17) is 9.47 Å².